The van der Waals surface area contributed by atoms with E-state index in [1.54, 1.807) is 12.1 Å². The van der Waals surface area contributed by atoms with Crippen LogP contribution in [0.1, 0.15) is 31.9 Å². The molecule has 1 unspecified atom stereocenters. The number of aryl methyl sites for hydroxylation is 1. The average Bonchev–Trinajstić information content (AvgIpc) is 3.14. The Morgan fingerprint density at radius 1 is 0.968 bits per heavy atom. The van der Waals surface area contributed by atoms with Gasteiger partial charge in [0.25, 0.3) is 0 Å². The van der Waals surface area contributed by atoms with E-state index in [1.165, 1.54) is 5.56 Å². The van der Waals surface area contributed by atoms with Crippen LogP contribution in [0.2, 0.25) is 0 Å². The second-order valence-electron chi connectivity index (χ2n) is 8.04. The summed E-state index contributed by atoms with van der Waals surface area (Å²) in [6.45, 7) is 3.94. The molecule has 0 aliphatic rings. The molecule has 0 aliphatic carbocycles. The Morgan fingerprint density at radius 3 is 2.35 bits per heavy atom. The molecule has 2 N–H and O–H groups in total. The second kappa shape index (κ2) is 9.04. The highest BCUT2D eigenvalue weighted by molar-refractivity contribution is 5.87. The third kappa shape index (κ3) is 4.61. The van der Waals surface area contributed by atoms with Crippen molar-refractivity contribution in [1.29, 1.82) is 0 Å². The van der Waals surface area contributed by atoms with Crippen LogP contribution in [0.3, 0.4) is 0 Å². The summed E-state index contributed by atoms with van der Waals surface area (Å²) >= 11 is 0. The van der Waals surface area contributed by atoms with Crippen molar-refractivity contribution in [2.75, 3.05) is 0 Å². The normalized spacial score (nSPS) is 12.2. The Morgan fingerprint density at radius 2 is 1.65 bits per heavy atom. The molecular weight excluding hydrogens is 386 g/mol. The number of hydrogen-bond donors (Lipinski definition) is 2. The lowest BCUT2D eigenvalue weighted by molar-refractivity contribution is -0.124. The fourth-order valence-corrected chi connectivity index (χ4v) is 3.88. The molecule has 4 aromatic rings. The number of phenols is 1. The van der Waals surface area contributed by atoms with Gasteiger partial charge in [0.15, 0.2) is 0 Å². The van der Waals surface area contributed by atoms with Gasteiger partial charge in [-0.2, -0.15) is 0 Å². The van der Waals surface area contributed by atoms with Gasteiger partial charge >= 0.3 is 0 Å². The molecule has 0 spiro atoms. The lowest BCUT2D eigenvalue weighted by atomic mass is 10.0. The van der Waals surface area contributed by atoms with Crippen LogP contribution in [-0.4, -0.2) is 26.6 Å². The number of imidazole rings is 1. The van der Waals surface area contributed by atoms with Gasteiger partial charge in [0.2, 0.25) is 5.91 Å². The van der Waals surface area contributed by atoms with Gasteiger partial charge in [-0.15, -0.1) is 0 Å². The molecule has 5 heteroatoms. The van der Waals surface area contributed by atoms with Gasteiger partial charge in [0.1, 0.15) is 17.6 Å². The van der Waals surface area contributed by atoms with Gasteiger partial charge in [-0.25, -0.2) is 4.98 Å². The van der Waals surface area contributed by atoms with Gasteiger partial charge in [0, 0.05) is 11.6 Å². The molecule has 1 atom stereocenters. The van der Waals surface area contributed by atoms with Gasteiger partial charge in [0.05, 0.1) is 11.0 Å². The van der Waals surface area contributed by atoms with Crippen LogP contribution in [0.4, 0.5) is 0 Å². The standard InChI is InChI=1S/C26H27N3O2/c1-18(2)27-26(31)24(17-12-19-8-4-3-5-9-19)29-23-11-7-6-10-22(23)28-25(29)20-13-15-21(30)16-14-20/h3-11,13-16,18,24,30H,12,17H2,1-2H3,(H,27,31). The van der Waals surface area contributed by atoms with Gasteiger partial charge in [-0.05, 0) is 68.7 Å². The lowest BCUT2D eigenvalue weighted by Gasteiger charge is -2.23. The number of para-hydroxylation sites is 2. The molecule has 0 saturated carbocycles. The minimum Gasteiger partial charge on any atom is -0.508 e. The average molecular weight is 414 g/mol. The van der Waals surface area contributed by atoms with E-state index in [1.807, 2.05) is 73.0 Å². The van der Waals surface area contributed by atoms with Crippen LogP contribution in [0, 0.1) is 0 Å². The maximum atomic E-state index is 13.4. The van der Waals surface area contributed by atoms with Crippen LogP contribution >= 0.6 is 0 Å². The van der Waals surface area contributed by atoms with Crippen molar-refractivity contribution in [3.63, 3.8) is 0 Å². The number of nitrogens with zero attached hydrogens (tertiary/aromatic N) is 2. The summed E-state index contributed by atoms with van der Waals surface area (Å²) in [6, 6.07) is 24.7. The first-order valence-electron chi connectivity index (χ1n) is 10.6. The predicted molar refractivity (Wildman–Crippen MR) is 124 cm³/mol. The van der Waals surface area contributed by atoms with E-state index in [4.69, 9.17) is 4.98 Å². The third-order valence-corrected chi connectivity index (χ3v) is 5.32. The van der Waals surface area contributed by atoms with Crippen molar-refractivity contribution in [2.45, 2.75) is 38.8 Å². The third-order valence-electron chi connectivity index (χ3n) is 5.32. The van der Waals surface area contributed by atoms with E-state index in [0.29, 0.717) is 6.42 Å². The molecular formula is C26H27N3O2. The number of carbonyl (C=O) groups excluding carboxylic acids is 1. The SMILES string of the molecule is CC(C)NC(=O)C(CCc1ccccc1)n1c(-c2ccc(O)cc2)nc2ccccc21. The molecule has 3 aromatic carbocycles. The maximum absolute atomic E-state index is 13.4. The Balaban J connectivity index is 1.82. The number of benzene rings is 3. The molecule has 0 bridgehead atoms. The van der Waals surface area contributed by atoms with Crippen molar-refractivity contribution in [2.24, 2.45) is 0 Å². The largest absolute Gasteiger partial charge is 0.508 e. The fraction of sp³-hybridized carbons (Fsp3) is 0.231. The number of hydrogen-bond acceptors (Lipinski definition) is 3. The van der Waals surface area contributed by atoms with Crippen molar-refractivity contribution in [3.05, 3.63) is 84.4 Å². The molecule has 1 aromatic heterocycles. The molecule has 1 heterocycles. The van der Waals surface area contributed by atoms with Gasteiger partial charge < -0.3 is 15.0 Å². The summed E-state index contributed by atoms with van der Waals surface area (Å²) in [5, 5.41) is 12.8. The maximum Gasteiger partial charge on any atom is 0.243 e. The van der Waals surface area contributed by atoms with Crippen molar-refractivity contribution >= 4 is 16.9 Å². The highest BCUT2D eigenvalue weighted by Gasteiger charge is 2.26. The number of aromatic nitrogens is 2. The summed E-state index contributed by atoms with van der Waals surface area (Å²) in [6.07, 6.45) is 1.42. The second-order valence-corrected chi connectivity index (χ2v) is 8.04. The summed E-state index contributed by atoms with van der Waals surface area (Å²) in [5.41, 5.74) is 3.81. The number of amides is 1. The topological polar surface area (TPSA) is 67.2 Å². The van der Waals surface area contributed by atoms with Gasteiger partial charge in [-0.3, -0.25) is 4.79 Å². The van der Waals surface area contributed by atoms with Crippen molar-refractivity contribution < 1.29 is 9.90 Å². The Labute approximate surface area is 182 Å². The van der Waals surface area contributed by atoms with Crippen molar-refractivity contribution in [3.8, 4) is 17.1 Å². The zero-order valence-corrected chi connectivity index (χ0v) is 17.8. The number of nitrogens with one attached hydrogen (secondary N) is 1. The highest BCUT2D eigenvalue weighted by atomic mass is 16.3. The Hall–Kier alpha value is -3.60. The quantitative estimate of drug-likeness (QED) is 0.443. The molecule has 31 heavy (non-hydrogen) atoms. The van der Waals surface area contributed by atoms with Gasteiger partial charge in [-0.1, -0.05) is 42.5 Å². The summed E-state index contributed by atoms with van der Waals surface area (Å²) in [5.74, 6) is 0.900. The highest BCUT2D eigenvalue weighted by Crippen LogP contribution is 2.31. The molecule has 0 saturated heterocycles. The van der Waals surface area contributed by atoms with E-state index in [9.17, 15) is 9.90 Å². The van der Waals surface area contributed by atoms with E-state index in [-0.39, 0.29) is 17.7 Å². The summed E-state index contributed by atoms with van der Waals surface area (Å²) in [4.78, 5) is 18.2. The zero-order chi connectivity index (χ0) is 21.8. The number of carbonyl (C=O) groups is 1. The van der Waals surface area contributed by atoms with Crippen LogP contribution < -0.4 is 5.32 Å². The smallest absolute Gasteiger partial charge is 0.243 e. The molecule has 4 rings (SSSR count). The molecule has 0 radical (unpaired) electrons. The zero-order valence-electron chi connectivity index (χ0n) is 17.8. The summed E-state index contributed by atoms with van der Waals surface area (Å²) < 4.78 is 2.04. The molecule has 0 aliphatic heterocycles. The Bertz CT molecular complexity index is 1160. The first kappa shape index (κ1) is 20.7. The molecule has 1 amide bonds. The minimum absolute atomic E-state index is 0.0193. The van der Waals surface area contributed by atoms with Crippen LogP contribution in [0.25, 0.3) is 22.4 Å². The van der Waals surface area contributed by atoms with Crippen LogP contribution in [0.15, 0.2) is 78.9 Å². The van der Waals surface area contributed by atoms with E-state index >= 15 is 0 Å². The lowest BCUT2D eigenvalue weighted by Crippen LogP contribution is -2.37. The predicted octanol–water partition coefficient (Wildman–Crippen LogP) is 5.11. The van der Waals surface area contributed by atoms with Crippen molar-refractivity contribution in [1.82, 2.24) is 14.9 Å². The monoisotopic (exact) mass is 413 g/mol. The minimum atomic E-state index is -0.418. The molecule has 5 nitrogen and oxygen atoms in total. The first-order valence-corrected chi connectivity index (χ1v) is 10.6. The number of fused-ring (bicyclic) bond motifs is 1. The first-order chi connectivity index (χ1) is 15.0. The molecule has 158 valence electrons. The van der Waals surface area contributed by atoms with Crippen LogP contribution in [0.5, 0.6) is 5.75 Å². The number of phenolic OH excluding ortho intramolecular Hbond substituents is 1. The van der Waals surface area contributed by atoms with E-state index < -0.39 is 6.04 Å². The number of aromatic hydroxyl groups is 1. The summed E-state index contributed by atoms with van der Waals surface area (Å²) in [7, 11) is 0. The van der Waals surface area contributed by atoms with E-state index in [2.05, 4.69) is 17.4 Å². The Kier molecular flexibility index (Phi) is 6.03. The van der Waals surface area contributed by atoms with E-state index in [0.717, 1.165) is 28.8 Å². The van der Waals surface area contributed by atoms with Crippen LogP contribution in [-0.2, 0) is 11.2 Å². The fourth-order valence-electron chi connectivity index (χ4n) is 3.88. The molecule has 0 fully saturated rings. The number of rotatable bonds is 7.